The Balaban J connectivity index is 2.12. The molecular weight excluding hydrogens is 339 g/mol. The summed E-state index contributed by atoms with van der Waals surface area (Å²) in [5, 5.41) is 0.936. The molecule has 0 bridgehead atoms. The van der Waals surface area contributed by atoms with Gasteiger partial charge in [0.1, 0.15) is 0 Å². The van der Waals surface area contributed by atoms with Crippen molar-refractivity contribution in [2.45, 2.75) is 18.7 Å². The zero-order chi connectivity index (χ0) is 16.1. The lowest BCUT2D eigenvalue weighted by Gasteiger charge is -2.15. The van der Waals surface area contributed by atoms with Crippen LogP contribution in [0.25, 0.3) is 6.08 Å². The standard InChI is InChI=1S/C18H15Cl3O/c1-12-4-2-5-16(19)14(12)10-8-13(22)9-11-15-17(20)6-3-7-18(15)21/h2-4,6-11,16H,5H2,1H3/b10-8+,11-9+. The van der Waals surface area contributed by atoms with Crippen molar-refractivity contribution in [2.24, 2.45) is 0 Å². The molecule has 0 aliphatic heterocycles. The number of hydrogen-bond donors (Lipinski definition) is 0. The Hall–Kier alpha value is -1.28. The van der Waals surface area contributed by atoms with Crippen LogP contribution in [-0.2, 0) is 4.79 Å². The molecule has 1 atom stereocenters. The van der Waals surface area contributed by atoms with Gasteiger partial charge < -0.3 is 0 Å². The number of ketones is 1. The van der Waals surface area contributed by atoms with E-state index in [0.29, 0.717) is 15.6 Å². The maximum absolute atomic E-state index is 12.0. The first-order chi connectivity index (χ1) is 10.5. The van der Waals surface area contributed by atoms with E-state index in [1.165, 1.54) is 12.2 Å². The van der Waals surface area contributed by atoms with E-state index in [2.05, 4.69) is 0 Å². The molecule has 0 fully saturated rings. The topological polar surface area (TPSA) is 17.1 Å². The van der Waals surface area contributed by atoms with E-state index in [4.69, 9.17) is 34.8 Å². The minimum Gasteiger partial charge on any atom is -0.290 e. The van der Waals surface area contributed by atoms with Crippen molar-refractivity contribution in [2.75, 3.05) is 0 Å². The van der Waals surface area contributed by atoms with Crippen LogP contribution in [0.2, 0.25) is 10.0 Å². The SMILES string of the molecule is CC1=C(/C=C/C(=O)/C=C/c2c(Cl)cccc2Cl)C(Cl)CC=C1. The molecule has 1 aromatic carbocycles. The molecule has 0 heterocycles. The van der Waals surface area contributed by atoms with E-state index in [0.717, 1.165) is 17.6 Å². The monoisotopic (exact) mass is 352 g/mol. The van der Waals surface area contributed by atoms with Crippen molar-refractivity contribution in [3.05, 3.63) is 75.3 Å². The van der Waals surface area contributed by atoms with E-state index < -0.39 is 0 Å². The van der Waals surface area contributed by atoms with Crippen molar-refractivity contribution < 1.29 is 4.79 Å². The second kappa shape index (κ2) is 7.82. The lowest BCUT2D eigenvalue weighted by molar-refractivity contribution is -0.110. The molecule has 1 unspecified atom stereocenters. The van der Waals surface area contributed by atoms with Gasteiger partial charge in [0.25, 0.3) is 0 Å². The number of hydrogen-bond acceptors (Lipinski definition) is 1. The summed E-state index contributed by atoms with van der Waals surface area (Å²) in [5.74, 6) is -0.144. The quantitative estimate of drug-likeness (QED) is 0.478. The molecule has 0 saturated carbocycles. The molecule has 0 spiro atoms. The van der Waals surface area contributed by atoms with Crippen molar-refractivity contribution in [3.63, 3.8) is 0 Å². The van der Waals surface area contributed by atoms with E-state index >= 15 is 0 Å². The van der Waals surface area contributed by atoms with Crippen LogP contribution < -0.4 is 0 Å². The Kier molecular flexibility index (Phi) is 6.07. The smallest absolute Gasteiger partial charge is 0.178 e. The van der Waals surface area contributed by atoms with Crippen LogP contribution in [0.5, 0.6) is 0 Å². The molecule has 0 amide bonds. The minimum absolute atomic E-state index is 0.0870. The van der Waals surface area contributed by atoms with E-state index in [-0.39, 0.29) is 11.2 Å². The molecule has 114 valence electrons. The van der Waals surface area contributed by atoms with Gasteiger partial charge in [-0.1, -0.05) is 47.5 Å². The van der Waals surface area contributed by atoms with Crippen LogP contribution in [0, 0.1) is 0 Å². The van der Waals surface area contributed by atoms with Gasteiger partial charge >= 0.3 is 0 Å². The third-order valence-electron chi connectivity index (χ3n) is 3.34. The maximum Gasteiger partial charge on any atom is 0.178 e. The average molecular weight is 354 g/mol. The van der Waals surface area contributed by atoms with Gasteiger partial charge in [-0.2, -0.15) is 0 Å². The Morgan fingerprint density at radius 3 is 2.45 bits per heavy atom. The molecule has 0 saturated heterocycles. The number of allylic oxidation sites excluding steroid dienone is 7. The second-order valence-electron chi connectivity index (χ2n) is 4.95. The van der Waals surface area contributed by atoms with Crippen LogP contribution >= 0.6 is 34.8 Å². The van der Waals surface area contributed by atoms with E-state index in [1.807, 2.05) is 19.1 Å². The normalized spacial score (nSPS) is 18.6. The van der Waals surface area contributed by atoms with Gasteiger partial charge in [-0.05, 0) is 54.9 Å². The molecule has 0 aromatic heterocycles. The van der Waals surface area contributed by atoms with Crippen molar-refractivity contribution in [1.82, 2.24) is 0 Å². The molecule has 1 aliphatic rings. The maximum atomic E-state index is 12.0. The molecule has 0 N–H and O–H groups in total. The van der Waals surface area contributed by atoms with Gasteiger partial charge in [0.15, 0.2) is 5.78 Å². The molecule has 4 heteroatoms. The first-order valence-corrected chi connectivity index (χ1v) is 8.04. The summed E-state index contributed by atoms with van der Waals surface area (Å²) in [5.41, 5.74) is 2.69. The summed E-state index contributed by atoms with van der Waals surface area (Å²) in [6.07, 6.45) is 11.2. The molecule has 2 rings (SSSR count). The first-order valence-electron chi connectivity index (χ1n) is 6.84. The molecule has 1 aliphatic carbocycles. The van der Waals surface area contributed by atoms with Crippen LogP contribution in [-0.4, -0.2) is 11.2 Å². The molecular formula is C18H15Cl3O. The highest BCUT2D eigenvalue weighted by molar-refractivity contribution is 6.37. The summed E-state index contributed by atoms with van der Waals surface area (Å²) in [6.45, 7) is 1.98. The second-order valence-corrected chi connectivity index (χ2v) is 6.29. The lowest BCUT2D eigenvalue weighted by atomic mass is 9.97. The number of carbonyl (C=O) groups excluding carboxylic acids is 1. The number of carbonyl (C=O) groups is 1. The highest BCUT2D eigenvalue weighted by Crippen LogP contribution is 2.26. The van der Waals surface area contributed by atoms with Crippen molar-refractivity contribution in [3.8, 4) is 0 Å². The van der Waals surface area contributed by atoms with Crippen LogP contribution in [0.3, 0.4) is 0 Å². The minimum atomic E-state index is -0.144. The summed E-state index contributed by atoms with van der Waals surface area (Å²) in [4.78, 5) is 12.0. The van der Waals surface area contributed by atoms with Crippen molar-refractivity contribution >= 4 is 46.7 Å². The Morgan fingerprint density at radius 1 is 1.18 bits per heavy atom. The Labute approximate surface area is 145 Å². The highest BCUT2D eigenvalue weighted by atomic mass is 35.5. The van der Waals surface area contributed by atoms with E-state index in [1.54, 1.807) is 30.4 Å². The third-order valence-corrected chi connectivity index (χ3v) is 4.42. The zero-order valence-corrected chi connectivity index (χ0v) is 14.3. The van der Waals surface area contributed by atoms with Gasteiger partial charge in [0, 0.05) is 15.6 Å². The van der Waals surface area contributed by atoms with Crippen molar-refractivity contribution in [1.29, 1.82) is 0 Å². The predicted octanol–water partition coefficient (Wildman–Crippen LogP) is 6.02. The predicted molar refractivity (Wildman–Crippen MR) is 95.7 cm³/mol. The van der Waals surface area contributed by atoms with Gasteiger partial charge in [0.2, 0.25) is 0 Å². The third kappa shape index (κ3) is 4.36. The molecule has 0 radical (unpaired) electrons. The zero-order valence-electron chi connectivity index (χ0n) is 12.0. The number of halogens is 3. The van der Waals surface area contributed by atoms with Crippen LogP contribution in [0.15, 0.2) is 59.7 Å². The van der Waals surface area contributed by atoms with Crippen LogP contribution in [0.4, 0.5) is 0 Å². The number of alkyl halides is 1. The first kappa shape index (κ1) is 17.1. The highest BCUT2D eigenvalue weighted by Gasteiger charge is 2.12. The summed E-state index contributed by atoms with van der Waals surface area (Å²) < 4.78 is 0. The Bertz CT molecular complexity index is 676. The fraction of sp³-hybridized carbons (Fsp3) is 0.167. The number of benzene rings is 1. The lowest BCUT2D eigenvalue weighted by Crippen LogP contribution is -2.05. The molecule has 1 nitrogen and oxygen atoms in total. The largest absolute Gasteiger partial charge is 0.290 e. The molecule has 22 heavy (non-hydrogen) atoms. The summed E-state index contributed by atoms with van der Waals surface area (Å²) in [7, 11) is 0. The van der Waals surface area contributed by atoms with E-state index in [9.17, 15) is 4.79 Å². The van der Waals surface area contributed by atoms with Gasteiger partial charge in [-0.25, -0.2) is 0 Å². The molecule has 1 aromatic rings. The summed E-state index contributed by atoms with van der Waals surface area (Å²) in [6, 6.07) is 5.22. The van der Waals surface area contributed by atoms with Gasteiger partial charge in [-0.15, -0.1) is 11.6 Å². The van der Waals surface area contributed by atoms with Gasteiger partial charge in [0.05, 0.1) is 5.38 Å². The average Bonchev–Trinajstić information content (AvgIpc) is 2.46. The summed E-state index contributed by atoms with van der Waals surface area (Å²) >= 11 is 18.4. The van der Waals surface area contributed by atoms with Gasteiger partial charge in [-0.3, -0.25) is 4.79 Å². The fourth-order valence-corrected chi connectivity index (χ4v) is 3.00. The van der Waals surface area contributed by atoms with Crippen LogP contribution in [0.1, 0.15) is 18.9 Å². The Morgan fingerprint density at radius 2 is 1.82 bits per heavy atom. The fourth-order valence-electron chi connectivity index (χ4n) is 2.13. The number of rotatable bonds is 4.